The Morgan fingerprint density at radius 3 is 3.06 bits per heavy atom. The Morgan fingerprint density at radius 2 is 2.31 bits per heavy atom. The minimum Gasteiger partial charge on any atom is -0.480 e. The second kappa shape index (κ2) is 4.51. The van der Waals surface area contributed by atoms with Crippen LogP contribution in [-0.4, -0.2) is 23.7 Å². The molecule has 0 bridgehead atoms. The fourth-order valence-corrected chi connectivity index (χ4v) is 2.16. The molecule has 0 aliphatic carbocycles. The summed E-state index contributed by atoms with van der Waals surface area (Å²) in [5.41, 5.74) is 6.29. The van der Waals surface area contributed by atoms with Gasteiger partial charge < -0.3 is 16.2 Å². The van der Waals surface area contributed by atoms with Crippen molar-refractivity contribution >= 4 is 33.1 Å². The predicted molar refractivity (Wildman–Crippen MR) is 65.9 cm³/mol. The van der Waals surface area contributed by atoms with Gasteiger partial charge in [-0.05, 0) is 35.0 Å². The average Bonchev–Trinajstić information content (AvgIpc) is 2.72. The first-order chi connectivity index (χ1) is 7.66. The van der Waals surface area contributed by atoms with Crippen LogP contribution < -0.4 is 11.1 Å². The Labute approximate surface area is 96.7 Å². The summed E-state index contributed by atoms with van der Waals surface area (Å²) in [6, 6.07) is 7.07. The molecule has 16 heavy (non-hydrogen) atoms. The van der Waals surface area contributed by atoms with Crippen LogP contribution in [0.25, 0.3) is 10.1 Å². The summed E-state index contributed by atoms with van der Waals surface area (Å²) in [4.78, 5) is 10.5. The first kappa shape index (κ1) is 10.9. The van der Waals surface area contributed by atoms with Crippen molar-refractivity contribution in [2.75, 3.05) is 11.9 Å². The van der Waals surface area contributed by atoms with Gasteiger partial charge in [-0.2, -0.15) is 0 Å². The number of fused-ring (bicyclic) bond motifs is 1. The summed E-state index contributed by atoms with van der Waals surface area (Å²) < 4.78 is 1.22. The van der Waals surface area contributed by atoms with Crippen molar-refractivity contribution in [3.8, 4) is 0 Å². The number of thiophene rings is 1. The monoisotopic (exact) mass is 236 g/mol. The van der Waals surface area contributed by atoms with Gasteiger partial charge in [0.15, 0.2) is 0 Å². The normalized spacial score (nSPS) is 12.6. The maximum atomic E-state index is 10.5. The van der Waals surface area contributed by atoms with Crippen LogP contribution in [0.4, 0.5) is 5.69 Å². The molecular weight excluding hydrogens is 224 g/mol. The summed E-state index contributed by atoms with van der Waals surface area (Å²) in [5, 5.41) is 14.8. The number of carbonyl (C=O) groups is 1. The Morgan fingerprint density at radius 1 is 1.50 bits per heavy atom. The Hall–Kier alpha value is -1.59. The van der Waals surface area contributed by atoms with Gasteiger partial charge in [0, 0.05) is 16.9 Å². The number of nitrogens with one attached hydrogen (secondary N) is 1. The lowest BCUT2D eigenvalue weighted by Gasteiger charge is -2.09. The zero-order valence-electron chi connectivity index (χ0n) is 8.51. The molecule has 4 N–H and O–H groups in total. The standard InChI is InChI=1S/C11H12N2O2S/c12-9(11(14)15)6-13-8-1-2-10-7(5-8)3-4-16-10/h1-5,9,13H,6,12H2,(H,14,15). The number of hydrogen-bond donors (Lipinski definition) is 3. The minimum absolute atomic E-state index is 0.227. The van der Waals surface area contributed by atoms with Crippen molar-refractivity contribution < 1.29 is 9.90 Å². The molecule has 5 heteroatoms. The lowest BCUT2D eigenvalue weighted by Crippen LogP contribution is -2.36. The average molecular weight is 236 g/mol. The fraction of sp³-hybridized carbons (Fsp3) is 0.182. The molecule has 0 saturated carbocycles. The topological polar surface area (TPSA) is 75.3 Å². The van der Waals surface area contributed by atoms with Gasteiger partial charge in [-0.3, -0.25) is 4.79 Å². The highest BCUT2D eigenvalue weighted by molar-refractivity contribution is 7.17. The molecule has 1 heterocycles. The second-order valence-electron chi connectivity index (χ2n) is 3.50. The maximum Gasteiger partial charge on any atom is 0.322 e. The summed E-state index contributed by atoms with van der Waals surface area (Å²) in [6.07, 6.45) is 0. The van der Waals surface area contributed by atoms with Gasteiger partial charge in [0.2, 0.25) is 0 Å². The first-order valence-corrected chi connectivity index (χ1v) is 5.74. The molecule has 4 nitrogen and oxygen atoms in total. The third kappa shape index (κ3) is 2.32. The molecule has 84 valence electrons. The number of benzene rings is 1. The van der Waals surface area contributed by atoms with Crippen LogP contribution in [0.1, 0.15) is 0 Å². The number of nitrogens with two attached hydrogens (primary N) is 1. The quantitative estimate of drug-likeness (QED) is 0.755. The highest BCUT2D eigenvalue weighted by atomic mass is 32.1. The van der Waals surface area contributed by atoms with E-state index < -0.39 is 12.0 Å². The molecule has 0 fully saturated rings. The minimum atomic E-state index is -0.996. The van der Waals surface area contributed by atoms with E-state index in [0.29, 0.717) is 0 Å². The van der Waals surface area contributed by atoms with Gasteiger partial charge in [0.05, 0.1) is 0 Å². The molecular formula is C11H12N2O2S. The van der Waals surface area contributed by atoms with Crippen molar-refractivity contribution in [3.05, 3.63) is 29.6 Å². The third-order valence-electron chi connectivity index (χ3n) is 2.30. The summed E-state index contributed by atoms with van der Waals surface area (Å²) in [7, 11) is 0. The van der Waals surface area contributed by atoms with E-state index >= 15 is 0 Å². The van der Waals surface area contributed by atoms with E-state index in [-0.39, 0.29) is 6.54 Å². The van der Waals surface area contributed by atoms with Crippen molar-refractivity contribution in [2.24, 2.45) is 5.73 Å². The Kier molecular flexibility index (Phi) is 3.07. The van der Waals surface area contributed by atoms with E-state index in [0.717, 1.165) is 11.1 Å². The zero-order valence-corrected chi connectivity index (χ0v) is 9.33. The fourth-order valence-electron chi connectivity index (χ4n) is 1.39. The van der Waals surface area contributed by atoms with Gasteiger partial charge in [-0.25, -0.2) is 0 Å². The molecule has 0 radical (unpaired) electrons. The van der Waals surface area contributed by atoms with Crippen LogP contribution in [0.5, 0.6) is 0 Å². The SMILES string of the molecule is NC(CNc1ccc2sccc2c1)C(=O)O. The van der Waals surface area contributed by atoms with E-state index in [1.807, 2.05) is 29.6 Å². The van der Waals surface area contributed by atoms with Crippen LogP contribution >= 0.6 is 11.3 Å². The predicted octanol–water partition coefficient (Wildman–Crippen LogP) is 1.73. The molecule has 2 rings (SSSR count). The van der Waals surface area contributed by atoms with Crippen molar-refractivity contribution in [3.63, 3.8) is 0 Å². The van der Waals surface area contributed by atoms with Gasteiger partial charge in [-0.15, -0.1) is 11.3 Å². The largest absolute Gasteiger partial charge is 0.480 e. The van der Waals surface area contributed by atoms with E-state index in [1.165, 1.54) is 4.70 Å². The number of carboxylic acids is 1. The van der Waals surface area contributed by atoms with E-state index in [1.54, 1.807) is 11.3 Å². The molecule has 0 amide bonds. The van der Waals surface area contributed by atoms with Gasteiger partial charge in [0.25, 0.3) is 0 Å². The van der Waals surface area contributed by atoms with Crippen molar-refractivity contribution in [1.82, 2.24) is 0 Å². The number of hydrogen-bond acceptors (Lipinski definition) is 4. The number of aliphatic carboxylic acids is 1. The van der Waals surface area contributed by atoms with Crippen LogP contribution in [-0.2, 0) is 4.79 Å². The van der Waals surface area contributed by atoms with E-state index in [2.05, 4.69) is 5.32 Å². The van der Waals surface area contributed by atoms with Crippen LogP contribution in [0.2, 0.25) is 0 Å². The highest BCUT2D eigenvalue weighted by Gasteiger charge is 2.10. The lowest BCUT2D eigenvalue weighted by atomic mass is 10.2. The molecule has 0 aliphatic rings. The highest BCUT2D eigenvalue weighted by Crippen LogP contribution is 2.23. The Bertz CT molecular complexity index is 509. The van der Waals surface area contributed by atoms with Crippen LogP contribution in [0.15, 0.2) is 29.6 Å². The number of rotatable bonds is 4. The van der Waals surface area contributed by atoms with Gasteiger partial charge in [-0.1, -0.05) is 0 Å². The molecule has 1 atom stereocenters. The molecule has 0 saturated heterocycles. The summed E-state index contributed by atoms with van der Waals surface area (Å²) in [6.45, 7) is 0.227. The molecule has 0 spiro atoms. The third-order valence-corrected chi connectivity index (χ3v) is 3.19. The number of carboxylic acid groups (broad SMARTS) is 1. The lowest BCUT2D eigenvalue weighted by molar-refractivity contribution is -0.138. The van der Waals surface area contributed by atoms with Gasteiger partial charge >= 0.3 is 5.97 Å². The van der Waals surface area contributed by atoms with Crippen molar-refractivity contribution in [2.45, 2.75) is 6.04 Å². The molecule has 1 unspecified atom stereocenters. The molecule has 1 aromatic carbocycles. The summed E-state index contributed by atoms with van der Waals surface area (Å²) in [5.74, 6) is -0.996. The Balaban J connectivity index is 2.06. The maximum absolute atomic E-state index is 10.5. The first-order valence-electron chi connectivity index (χ1n) is 4.86. The van der Waals surface area contributed by atoms with Crippen LogP contribution in [0.3, 0.4) is 0 Å². The summed E-state index contributed by atoms with van der Waals surface area (Å²) >= 11 is 1.68. The zero-order chi connectivity index (χ0) is 11.5. The second-order valence-corrected chi connectivity index (χ2v) is 4.45. The van der Waals surface area contributed by atoms with Crippen LogP contribution in [0, 0.1) is 0 Å². The van der Waals surface area contributed by atoms with E-state index in [9.17, 15) is 4.79 Å². The smallest absolute Gasteiger partial charge is 0.322 e. The molecule has 1 aromatic heterocycles. The van der Waals surface area contributed by atoms with Gasteiger partial charge in [0.1, 0.15) is 6.04 Å². The van der Waals surface area contributed by atoms with E-state index in [4.69, 9.17) is 10.8 Å². The van der Waals surface area contributed by atoms with Crippen molar-refractivity contribution in [1.29, 1.82) is 0 Å². The molecule has 2 aromatic rings. The number of anilines is 1. The molecule has 0 aliphatic heterocycles.